The molecule has 0 bridgehead atoms. The summed E-state index contributed by atoms with van der Waals surface area (Å²) in [7, 11) is 0. The molecule has 2 aromatic heterocycles. The van der Waals surface area contributed by atoms with E-state index in [9.17, 15) is 13.2 Å². The number of rotatable bonds is 5. The molecular weight excluding hydrogens is 333 g/mol. The van der Waals surface area contributed by atoms with Crippen LogP contribution in [0.1, 0.15) is 27.8 Å². The molecule has 0 saturated carbocycles. The van der Waals surface area contributed by atoms with Crippen LogP contribution in [-0.2, 0) is 6.18 Å². The van der Waals surface area contributed by atoms with Crippen LogP contribution in [-0.4, -0.2) is 15.9 Å². The van der Waals surface area contributed by atoms with E-state index in [4.69, 9.17) is 11.0 Å². The van der Waals surface area contributed by atoms with E-state index in [0.717, 1.165) is 28.8 Å². The Morgan fingerprint density at radius 2 is 2.14 bits per heavy atom. The molecule has 2 N–H and O–H groups in total. The van der Waals surface area contributed by atoms with Crippen LogP contribution >= 0.6 is 23.3 Å². The summed E-state index contributed by atoms with van der Waals surface area (Å²) in [5, 5.41) is 8.95. The number of halogens is 3. The highest BCUT2D eigenvalue weighted by Gasteiger charge is 2.33. The summed E-state index contributed by atoms with van der Waals surface area (Å²) in [6, 6.07) is 5.62. The van der Waals surface area contributed by atoms with E-state index in [-0.39, 0.29) is 15.8 Å². The van der Waals surface area contributed by atoms with Crippen molar-refractivity contribution in [2.75, 3.05) is 6.54 Å². The van der Waals surface area contributed by atoms with Gasteiger partial charge in [-0.15, -0.1) is 0 Å². The van der Waals surface area contributed by atoms with Crippen LogP contribution in [0.2, 0.25) is 0 Å². The van der Waals surface area contributed by atoms with Crippen LogP contribution in [0.15, 0.2) is 29.4 Å². The smallest absolute Gasteiger partial charge is 0.330 e. The van der Waals surface area contributed by atoms with E-state index in [0.29, 0.717) is 13.0 Å². The summed E-state index contributed by atoms with van der Waals surface area (Å²) in [6.07, 6.45) is -2.37. The summed E-state index contributed by atoms with van der Waals surface area (Å²) < 4.78 is 42.3. The van der Waals surface area contributed by atoms with Crippen LogP contribution < -0.4 is 5.73 Å². The summed E-state index contributed by atoms with van der Waals surface area (Å²) in [5.41, 5.74) is 4.67. The van der Waals surface area contributed by atoms with Crippen LogP contribution in [0.4, 0.5) is 13.2 Å². The topological polar surface area (TPSA) is 75.6 Å². The molecule has 116 valence electrons. The second-order valence-electron chi connectivity index (χ2n) is 4.26. The van der Waals surface area contributed by atoms with E-state index < -0.39 is 11.9 Å². The molecule has 0 aliphatic carbocycles. The fourth-order valence-corrected chi connectivity index (χ4v) is 3.69. The molecule has 0 amide bonds. The minimum Gasteiger partial charge on any atom is -0.330 e. The minimum absolute atomic E-state index is 0.0594. The Labute approximate surface area is 133 Å². The van der Waals surface area contributed by atoms with Gasteiger partial charge in [0.2, 0.25) is 0 Å². The molecule has 0 aliphatic heterocycles. The predicted octanol–water partition coefficient (Wildman–Crippen LogP) is 3.61. The fourth-order valence-electron chi connectivity index (χ4n) is 1.71. The molecule has 0 aromatic carbocycles. The Hall–Kier alpha value is -1.63. The van der Waals surface area contributed by atoms with Gasteiger partial charge < -0.3 is 5.73 Å². The lowest BCUT2D eigenvalue weighted by molar-refractivity contribution is -0.141. The lowest BCUT2D eigenvalue weighted by Gasteiger charge is -2.15. The van der Waals surface area contributed by atoms with Crippen molar-refractivity contribution in [1.82, 2.24) is 9.36 Å². The van der Waals surface area contributed by atoms with Gasteiger partial charge in [0, 0.05) is 16.3 Å². The number of nitrogens with two attached hydrogens (primary N) is 1. The number of aromatic nitrogens is 2. The number of nitriles is 1. The number of thioether (sulfide) groups is 1. The summed E-state index contributed by atoms with van der Waals surface area (Å²) in [4.78, 5) is 4.49. The van der Waals surface area contributed by atoms with Crippen molar-refractivity contribution in [2.24, 2.45) is 5.73 Å². The molecule has 2 heterocycles. The Bertz CT molecular complexity index is 665. The van der Waals surface area contributed by atoms with E-state index in [1.165, 1.54) is 11.5 Å². The second-order valence-corrected chi connectivity index (χ2v) is 6.31. The van der Waals surface area contributed by atoms with Crippen molar-refractivity contribution in [3.05, 3.63) is 40.5 Å². The Morgan fingerprint density at radius 3 is 2.68 bits per heavy atom. The molecule has 0 aliphatic rings. The molecule has 2 rings (SSSR count). The molecule has 1 unspecified atom stereocenters. The highest BCUT2D eigenvalue weighted by Crippen LogP contribution is 2.40. The van der Waals surface area contributed by atoms with E-state index in [2.05, 4.69) is 9.36 Å². The Morgan fingerprint density at radius 1 is 1.36 bits per heavy atom. The van der Waals surface area contributed by atoms with Gasteiger partial charge in [0.15, 0.2) is 0 Å². The third-order valence-corrected chi connectivity index (χ3v) is 5.05. The molecule has 2 aromatic rings. The first kappa shape index (κ1) is 16.7. The number of alkyl halides is 3. The first-order valence-electron chi connectivity index (χ1n) is 6.21. The fraction of sp³-hybridized carbons (Fsp3) is 0.308. The lowest BCUT2D eigenvalue weighted by Crippen LogP contribution is -2.10. The largest absolute Gasteiger partial charge is 0.433 e. The lowest BCUT2D eigenvalue weighted by atomic mass is 10.2. The monoisotopic (exact) mass is 344 g/mol. The molecule has 0 saturated heterocycles. The number of nitrogens with zero attached hydrogens (tertiary/aromatic N) is 3. The number of pyridine rings is 1. The maximum Gasteiger partial charge on any atom is 0.433 e. The second kappa shape index (κ2) is 7.09. The van der Waals surface area contributed by atoms with Gasteiger partial charge in [0.25, 0.3) is 0 Å². The average Bonchev–Trinajstić information content (AvgIpc) is 3.00. The summed E-state index contributed by atoms with van der Waals surface area (Å²) in [6.45, 7) is 0.371. The van der Waals surface area contributed by atoms with Gasteiger partial charge in [-0.2, -0.15) is 18.4 Å². The van der Waals surface area contributed by atoms with Crippen LogP contribution in [0, 0.1) is 11.3 Å². The van der Waals surface area contributed by atoms with Gasteiger partial charge in [-0.3, -0.25) is 0 Å². The standard InChI is InChI=1S/C13H11F3N4S2/c14-13(15,16)11-2-1-8(7-18)12(20-11)21-9(3-5-17)10-4-6-19-22-10/h1-2,4,6,9H,3,5,17H2. The van der Waals surface area contributed by atoms with Crippen molar-refractivity contribution >= 4 is 23.3 Å². The van der Waals surface area contributed by atoms with Gasteiger partial charge in [-0.25, -0.2) is 9.36 Å². The van der Waals surface area contributed by atoms with Crippen LogP contribution in [0.3, 0.4) is 0 Å². The first-order valence-corrected chi connectivity index (χ1v) is 7.86. The van der Waals surface area contributed by atoms with Crippen LogP contribution in [0.25, 0.3) is 0 Å². The maximum atomic E-state index is 12.8. The third-order valence-electron chi connectivity index (χ3n) is 2.73. The van der Waals surface area contributed by atoms with Crippen molar-refractivity contribution in [1.29, 1.82) is 5.26 Å². The van der Waals surface area contributed by atoms with Crippen molar-refractivity contribution in [2.45, 2.75) is 22.9 Å². The zero-order valence-corrected chi connectivity index (χ0v) is 12.8. The first-order chi connectivity index (χ1) is 10.5. The maximum absolute atomic E-state index is 12.8. The third kappa shape index (κ3) is 3.97. The Balaban J connectivity index is 2.35. The van der Waals surface area contributed by atoms with Gasteiger partial charge in [0.1, 0.15) is 16.8 Å². The highest BCUT2D eigenvalue weighted by molar-refractivity contribution is 7.99. The van der Waals surface area contributed by atoms with Crippen molar-refractivity contribution in [3.63, 3.8) is 0 Å². The zero-order chi connectivity index (χ0) is 16.2. The molecule has 0 radical (unpaired) electrons. The molecular formula is C13H11F3N4S2. The predicted molar refractivity (Wildman–Crippen MR) is 78.3 cm³/mol. The van der Waals surface area contributed by atoms with Crippen molar-refractivity contribution < 1.29 is 13.2 Å². The number of hydrogen-bond donors (Lipinski definition) is 1. The van der Waals surface area contributed by atoms with Gasteiger partial charge in [-0.05, 0) is 42.7 Å². The zero-order valence-electron chi connectivity index (χ0n) is 11.2. The molecule has 22 heavy (non-hydrogen) atoms. The van der Waals surface area contributed by atoms with Gasteiger partial charge in [0.05, 0.1) is 5.56 Å². The quantitative estimate of drug-likeness (QED) is 0.839. The van der Waals surface area contributed by atoms with Gasteiger partial charge >= 0.3 is 6.18 Å². The van der Waals surface area contributed by atoms with Gasteiger partial charge in [-0.1, -0.05) is 11.8 Å². The van der Waals surface area contributed by atoms with E-state index in [1.807, 2.05) is 6.07 Å². The minimum atomic E-state index is -4.54. The van der Waals surface area contributed by atoms with Crippen LogP contribution in [0.5, 0.6) is 0 Å². The SMILES string of the molecule is N#Cc1ccc(C(F)(F)F)nc1SC(CCN)c1ccns1. The van der Waals surface area contributed by atoms with E-state index >= 15 is 0 Å². The average molecular weight is 344 g/mol. The summed E-state index contributed by atoms with van der Waals surface area (Å²) in [5.74, 6) is 0. The Kier molecular flexibility index (Phi) is 5.39. The molecule has 4 nitrogen and oxygen atoms in total. The summed E-state index contributed by atoms with van der Waals surface area (Å²) >= 11 is 2.36. The van der Waals surface area contributed by atoms with E-state index in [1.54, 1.807) is 12.3 Å². The molecule has 0 spiro atoms. The molecule has 1 atom stereocenters. The van der Waals surface area contributed by atoms with Crippen molar-refractivity contribution in [3.8, 4) is 6.07 Å². The molecule has 9 heteroatoms. The molecule has 0 fully saturated rings. The highest BCUT2D eigenvalue weighted by atomic mass is 32.2. The normalized spacial score (nSPS) is 12.9. The number of hydrogen-bond acceptors (Lipinski definition) is 6.